The molecule has 21 heavy (non-hydrogen) atoms. The number of halogens is 1. The SMILES string of the molecule is CCc1nc2cc(Cl)ccn2c1C(=O)NCC1CCCO1. The summed E-state index contributed by atoms with van der Waals surface area (Å²) in [6.45, 7) is 3.32. The van der Waals surface area contributed by atoms with Crippen LogP contribution in [0.1, 0.15) is 35.9 Å². The maximum atomic E-state index is 12.5. The third-order valence-corrected chi connectivity index (χ3v) is 3.96. The molecule has 1 saturated heterocycles. The summed E-state index contributed by atoms with van der Waals surface area (Å²) in [5.74, 6) is -0.114. The summed E-state index contributed by atoms with van der Waals surface area (Å²) < 4.78 is 7.31. The maximum Gasteiger partial charge on any atom is 0.270 e. The molecule has 1 aliphatic rings. The molecule has 2 aromatic heterocycles. The van der Waals surface area contributed by atoms with Gasteiger partial charge in [-0.2, -0.15) is 0 Å². The Labute approximate surface area is 128 Å². The lowest BCUT2D eigenvalue weighted by atomic mass is 10.2. The summed E-state index contributed by atoms with van der Waals surface area (Å²) in [5, 5.41) is 3.56. The van der Waals surface area contributed by atoms with Gasteiger partial charge in [-0.15, -0.1) is 0 Å². The molecule has 0 aliphatic carbocycles. The molecule has 5 nitrogen and oxygen atoms in total. The van der Waals surface area contributed by atoms with Crippen LogP contribution in [0.3, 0.4) is 0 Å². The van der Waals surface area contributed by atoms with E-state index in [1.54, 1.807) is 22.7 Å². The molecule has 0 bridgehead atoms. The standard InChI is InChI=1S/C15H18ClN3O2/c1-2-12-14(15(20)17-9-11-4-3-7-21-11)19-6-5-10(16)8-13(19)18-12/h5-6,8,11H,2-4,7,9H2,1H3,(H,17,20). The number of carbonyl (C=O) groups excluding carboxylic acids is 1. The fourth-order valence-corrected chi connectivity index (χ4v) is 2.81. The van der Waals surface area contributed by atoms with E-state index in [1.165, 1.54) is 0 Å². The number of hydrogen-bond donors (Lipinski definition) is 1. The third-order valence-electron chi connectivity index (χ3n) is 3.72. The van der Waals surface area contributed by atoms with Crippen molar-refractivity contribution in [1.29, 1.82) is 0 Å². The molecule has 1 amide bonds. The Kier molecular flexibility index (Phi) is 4.12. The first-order valence-electron chi connectivity index (χ1n) is 7.25. The predicted molar refractivity (Wildman–Crippen MR) is 80.9 cm³/mol. The van der Waals surface area contributed by atoms with Gasteiger partial charge in [-0.25, -0.2) is 4.98 Å². The maximum absolute atomic E-state index is 12.5. The van der Waals surface area contributed by atoms with Crippen LogP contribution < -0.4 is 5.32 Å². The first kappa shape index (κ1) is 14.4. The minimum Gasteiger partial charge on any atom is -0.376 e. The topological polar surface area (TPSA) is 55.6 Å². The summed E-state index contributed by atoms with van der Waals surface area (Å²) in [4.78, 5) is 17.0. The van der Waals surface area contributed by atoms with Gasteiger partial charge in [0.25, 0.3) is 5.91 Å². The highest BCUT2D eigenvalue weighted by atomic mass is 35.5. The van der Waals surface area contributed by atoms with Crippen molar-refractivity contribution in [2.75, 3.05) is 13.2 Å². The molecule has 0 radical (unpaired) electrons. The summed E-state index contributed by atoms with van der Waals surface area (Å²) in [7, 11) is 0. The molecule has 1 atom stereocenters. The molecule has 0 saturated carbocycles. The van der Waals surface area contributed by atoms with Crippen molar-refractivity contribution in [3.05, 3.63) is 34.7 Å². The average molecular weight is 308 g/mol. The Balaban J connectivity index is 1.85. The minimum absolute atomic E-state index is 0.114. The average Bonchev–Trinajstić information content (AvgIpc) is 3.11. The normalized spacial score (nSPS) is 18.3. The van der Waals surface area contributed by atoms with Crippen molar-refractivity contribution < 1.29 is 9.53 Å². The Morgan fingerprint density at radius 2 is 2.48 bits per heavy atom. The molecule has 1 N–H and O–H groups in total. The number of rotatable bonds is 4. The number of nitrogens with one attached hydrogen (secondary N) is 1. The highest BCUT2D eigenvalue weighted by molar-refractivity contribution is 6.30. The van der Waals surface area contributed by atoms with E-state index in [9.17, 15) is 4.79 Å². The number of amides is 1. The van der Waals surface area contributed by atoms with E-state index in [0.29, 0.717) is 29.3 Å². The van der Waals surface area contributed by atoms with Crippen LogP contribution >= 0.6 is 11.6 Å². The lowest BCUT2D eigenvalue weighted by molar-refractivity contribution is 0.0852. The second-order valence-electron chi connectivity index (χ2n) is 5.18. The zero-order valence-corrected chi connectivity index (χ0v) is 12.7. The van der Waals surface area contributed by atoms with Crippen molar-refractivity contribution >= 4 is 23.2 Å². The van der Waals surface area contributed by atoms with Gasteiger partial charge in [0, 0.05) is 30.4 Å². The molecule has 0 aromatic carbocycles. The third kappa shape index (κ3) is 2.89. The van der Waals surface area contributed by atoms with Gasteiger partial charge in [-0.05, 0) is 25.3 Å². The predicted octanol–water partition coefficient (Wildman–Crippen LogP) is 2.46. The molecule has 112 valence electrons. The zero-order valence-electron chi connectivity index (χ0n) is 11.9. The zero-order chi connectivity index (χ0) is 14.8. The number of fused-ring (bicyclic) bond motifs is 1. The largest absolute Gasteiger partial charge is 0.376 e. The van der Waals surface area contributed by atoms with Gasteiger partial charge in [0.1, 0.15) is 11.3 Å². The molecular formula is C15H18ClN3O2. The molecular weight excluding hydrogens is 290 g/mol. The number of aryl methyl sites for hydroxylation is 1. The van der Waals surface area contributed by atoms with E-state index in [1.807, 2.05) is 6.92 Å². The van der Waals surface area contributed by atoms with Gasteiger partial charge < -0.3 is 10.1 Å². The van der Waals surface area contributed by atoms with Gasteiger partial charge >= 0.3 is 0 Å². The quantitative estimate of drug-likeness (QED) is 0.944. The van der Waals surface area contributed by atoms with Gasteiger partial charge in [-0.3, -0.25) is 9.20 Å². The highest BCUT2D eigenvalue weighted by Gasteiger charge is 2.21. The van der Waals surface area contributed by atoms with Crippen LogP contribution in [0.5, 0.6) is 0 Å². The summed E-state index contributed by atoms with van der Waals surface area (Å²) in [6.07, 6.45) is 4.68. The molecule has 3 rings (SSSR count). The monoisotopic (exact) mass is 307 g/mol. The summed E-state index contributed by atoms with van der Waals surface area (Å²) in [5.41, 5.74) is 2.06. The van der Waals surface area contributed by atoms with Crippen LogP contribution in [0.4, 0.5) is 0 Å². The van der Waals surface area contributed by atoms with Crippen molar-refractivity contribution in [2.45, 2.75) is 32.3 Å². The van der Waals surface area contributed by atoms with Crippen molar-refractivity contribution in [3.63, 3.8) is 0 Å². The van der Waals surface area contributed by atoms with E-state index in [2.05, 4.69) is 10.3 Å². The van der Waals surface area contributed by atoms with Gasteiger partial charge in [0.05, 0.1) is 11.8 Å². The number of hydrogen-bond acceptors (Lipinski definition) is 3. The van der Waals surface area contributed by atoms with Gasteiger partial charge in [0.15, 0.2) is 0 Å². The van der Waals surface area contributed by atoms with E-state index in [0.717, 1.165) is 25.1 Å². The number of nitrogens with zero attached hydrogens (tertiary/aromatic N) is 2. The van der Waals surface area contributed by atoms with Crippen LogP contribution in [0.2, 0.25) is 5.02 Å². The van der Waals surface area contributed by atoms with Gasteiger partial charge in [0.2, 0.25) is 0 Å². The van der Waals surface area contributed by atoms with Crippen LogP contribution in [0, 0.1) is 0 Å². The lowest BCUT2D eigenvalue weighted by Crippen LogP contribution is -2.33. The highest BCUT2D eigenvalue weighted by Crippen LogP contribution is 2.18. The Morgan fingerprint density at radius 1 is 1.62 bits per heavy atom. The number of carbonyl (C=O) groups is 1. The minimum atomic E-state index is -0.114. The van der Waals surface area contributed by atoms with Crippen molar-refractivity contribution in [1.82, 2.24) is 14.7 Å². The Morgan fingerprint density at radius 3 is 3.19 bits per heavy atom. The fourth-order valence-electron chi connectivity index (χ4n) is 2.65. The summed E-state index contributed by atoms with van der Waals surface area (Å²) >= 11 is 5.98. The van der Waals surface area contributed by atoms with Crippen LogP contribution in [-0.4, -0.2) is 34.5 Å². The van der Waals surface area contributed by atoms with Crippen LogP contribution in [-0.2, 0) is 11.2 Å². The first-order chi connectivity index (χ1) is 10.2. The van der Waals surface area contributed by atoms with E-state index in [4.69, 9.17) is 16.3 Å². The molecule has 1 unspecified atom stereocenters. The van der Waals surface area contributed by atoms with Crippen molar-refractivity contribution in [2.24, 2.45) is 0 Å². The van der Waals surface area contributed by atoms with E-state index < -0.39 is 0 Å². The molecule has 0 spiro atoms. The smallest absolute Gasteiger partial charge is 0.270 e. The van der Waals surface area contributed by atoms with E-state index in [-0.39, 0.29) is 12.0 Å². The second-order valence-corrected chi connectivity index (χ2v) is 5.62. The molecule has 1 fully saturated rings. The number of imidazole rings is 1. The van der Waals surface area contributed by atoms with Crippen LogP contribution in [0.15, 0.2) is 18.3 Å². The summed E-state index contributed by atoms with van der Waals surface area (Å²) in [6, 6.07) is 3.52. The van der Waals surface area contributed by atoms with Crippen molar-refractivity contribution in [3.8, 4) is 0 Å². The number of aromatic nitrogens is 2. The van der Waals surface area contributed by atoms with Gasteiger partial charge in [-0.1, -0.05) is 18.5 Å². The fraction of sp³-hybridized carbons (Fsp3) is 0.467. The number of ether oxygens (including phenoxy) is 1. The van der Waals surface area contributed by atoms with E-state index >= 15 is 0 Å². The molecule has 1 aliphatic heterocycles. The van der Waals surface area contributed by atoms with Crippen LogP contribution in [0.25, 0.3) is 5.65 Å². The molecule has 3 heterocycles. The lowest BCUT2D eigenvalue weighted by Gasteiger charge is -2.11. The molecule has 6 heteroatoms. The molecule has 2 aromatic rings. The Hall–Kier alpha value is -1.59. The Bertz CT molecular complexity index is 662. The first-order valence-corrected chi connectivity index (χ1v) is 7.63. The second kappa shape index (κ2) is 6.03. The number of pyridine rings is 1.